The minimum atomic E-state index is 0.969. The third-order valence-electron chi connectivity index (χ3n) is 1.29. The number of hydrogen-bond acceptors (Lipinski definition) is 3. The van der Waals surface area contributed by atoms with E-state index in [4.69, 9.17) is 0 Å². The first-order valence-corrected chi connectivity index (χ1v) is 4.24. The molecule has 0 aliphatic carbocycles. The summed E-state index contributed by atoms with van der Waals surface area (Å²) in [6.45, 7) is 9.20. The molecule has 0 fully saturated rings. The van der Waals surface area contributed by atoms with Crippen molar-refractivity contribution in [1.29, 1.82) is 0 Å². The van der Waals surface area contributed by atoms with Gasteiger partial charge in [0.15, 0.2) is 0 Å². The summed E-state index contributed by atoms with van der Waals surface area (Å²) in [5.41, 5.74) is 0. The predicted molar refractivity (Wildman–Crippen MR) is 51.2 cm³/mol. The minimum absolute atomic E-state index is 0.969. The zero-order chi connectivity index (χ0) is 8.53. The van der Waals surface area contributed by atoms with Crippen LogP contribution in [0.25, 0.3) is 0 Å². The first-order valence-electron chi connectivity index (χ1n) is 4.24. The van der Waals surface area contributed by atoms with Gasteiger partial charge in [-0.2, -0.15) is 0 Å². The molecule has 0 rings (SSSR count). The van der Waals surface area contributed by atoms with Crippen LogP contribution in [-0.2, 0) is 0 Å². The van der Waals surface area contributed by atoms with Gasteiger partial charge in [-0.25, -0.2) is 0 Å². The minimum Gasteiger partial charge on any atom is -0.364 e. The van der Waals surface area contributed by atoms with E-state index in [9.17, 15) is 0 Å². The van der Waals surface area contributed by atoms with Crippen molar-refractivity contribution in [1.82, 2.24) is 15.2 Å². The average Bonchev–Trinajstić information content (AvgIpc) is 2.05. The van der Waals surface area contributed by atoms with Crippen LogP contribution < -0.4 is 10.5 Å². The first kappa shape index (κ1) is 11.0. The molecule has 0 bridgehead atoms. The lowest BCUT2D eigenvalue weighted by Gasteiger charge is -2.17. The molecular weight excluding hydrogens is 136 g/mol. The Labute approximate surface area is 71.5 Å². The van der Waals surface area contributed by atoms with Crippen molar-refractivity contribution < 1.29 is 0 Å². The van der Waals surface area contributed by atoms with Crippen LogP contribution in [0.5, 0.6) is 0 Å². The highest BCUT2D eigenvalue weighted by Gasteiger charge is 2.03. The molecule has 0 aromatic heterocycles. The van der Waals surface area contributed by atoms with Gasteiger partial charge in [-0.1, -0.05) is 20.8 Å². The van der Waals surface area contributed by atoms with E-state index >= 15 is 0 Å². The van der Waals surface area contributed by atoms with E-state index in [-0.39, 0.29) is 0 Å². The topological polar surface area (TPSA) is 27.3 Å². The van der Waals surface area contributed by atoms with Crippen LogP contribution in [0, 0.1) is 0 Å². The zero-order valence-corrected chi connectivity index (χ0v) is 7.72. The molecule has 0 aliphatic heterocycles. The summed E-state index contributed by atoms with van der Waals surface area (Å²) in [6.07, 6.45) is 0. The van der Waals surface area contributed by atoms with E-state index < -0.39 is 0 Å². The summed E-state index contributed by atoms with van der Waals surface area (Å²) in [4.78, 5) is 0. The summed E-state index contributed by atoms with van der Waals surface area (Å²) in [5.74, 6) is 0. The van der Waals surface area contributed by atoms with Crippen molar-refractivity contribution in [2.75, 3.05) is 19.6 Å². The molecule has 0 heterocycles. The van der Waals surface area contributed by atoms with Gasteiger partial charge in [-0.15, -0.1) is 0 Å². The van der Waals surface area contributed by atoms with E-state index in [1.807, 2.05) is 15.1 Å². The number of rotatable bonds is 7. The molecule has 62 valence electrons. The van der Waals surface area contributed by atoms with Gasteiger partial charge in [0.05, 0.1) is 0 Å². The first-order chi connectivity index (χ1) is 5.35. The smallest absolute Gasteiger partial charge is 0.298 e. The molecule has 11 heavy (non-hydrogen) atoms. The highest BCUT2D eigenvalue weighted by molar-refractivity contribution is 6.47. The van der Waals surface area contributed by atoms with Crippen LogP contribution in [0.4, 0.5) is 0 Å². The number of nitrogens with one attached hydrogen (secondary N) is 2. The van der Waals surface area contributed by atoms with Crippen molar-refractivity contribution in [2.24, 2.45) is 0 Å². The highest BCUT2D eigenvalue weighted by atomic mass is 15.1. The van der Waals surface area contributed by atoms with E-state index in [0.717, 1.165) is 19.6 Å². The van der Waals surface area contributed by atoms with Crippen LogP contribution in [0.15, 0.2) is 0 Å². The Hall–Kier alpha value is 0.00987. The van der Waals surface area contributed by atoms with Gasteiger partial charge < -0.3 is 15.2 Å². The molecule has 0 spiro atoms. The summed E-state index contributed by atoms with van der Waals surface area (Å²) >= 11 is 0. The Kier molecular flexibility index (Phi) is 8.12. The molecule has 0 aromatic carbocycles. The highest BCUT2D eigenvalue weighted by Crippen LogP contribution is 1.75. The standard InChI is InChI=1S/C6H17B2N3/c1-4-9-7-11(6-3)8-10-5-2/h9-10H,4-6H2,1-3H3. The van der Waals surface area contributed by atoms with Gasteiger partial charge in [-0.05, 0) is 19.6 Å². The Morgan fingerprint density at radius 1 is 1.00 bits per heavy atom. The summed E-state index contributed by atoms with van der Waals surface area (Å²) in [5, 5.41) is 6.28. The van der Waals surface area contributed by atoms with Crippen LogP contribution in [0.3, 0.4) is 0 Å². The Morgan fingerprint density at radius 2 is 1.45 bits per heavy atom. The van der Waals surface area contributed by atoms with Crippen LogP contribution >= 0.6 is 0 Å². The van der Waals surface area contributed by atoms with E-state index in [0.29, 0.717) is 0 Å². The average molecular weight is 153 g/mol. The van der Waals surface area contributed by atoms with Crippen molar-refractivity contribution >= 4 is 15.1 Å². The second-order valence-corrected chi connectivity index (χ2v) is 2.20. The molecule has 2 radical (unpaired) electrons. The molecule has 3 nitrogen and oxygen atoms in total. The van der Waals surface area contributed by atoms with Gasteiger partial charge in [0.2, 0.25) is 0 Å². The van der Waals surface area contributed by atoms with E-state index in [1.54, 1.807) is 0 Å². The Morgan fingerprint density at radius 3 is 1.73 bits per heavy atom. The Bertz CT molecular complexity index is 74.2. The molecular formula is C6H17B2N3. The number of hydrogen-bond donors (Lipinski definition) is 2. The van der Waals surface area contributed by atoms with Crippen molar-refractivity contribution in [3.05, 3.63) is 0 Å². The van der Waals surface area contributed by atoms with Crippen molar-refractivity contribution in [3.63, 3.8) is 0 Å². The van der Waals surface area contributed by atoms with Crippen LogP contribution in [0.1, 0.15) is 20.8 Å². The Balaban J connectivity index is 3.25. The lowest BCUT2D eigenvalue weighted by Crippen LogP contribution is -2.45. The maximum Gasteiger partial charge on any atom is 0.298 e. The van der Waals surface area contributed by atoms with Gasteiger partial charge in [-0.3, -0.25) is 0 Å². The molecule has 0 aliphatic rings. The molecule has 5 heteroatoms. The SMILES string of the molecule is CCN[B]N([B]NCC)CC. The maximum atomic E-state index is 3.14. The van der Waals surface area contributed by atoms with Crippen LogP contribution in [0.2, 0.25) is 0 Å². The molecule has 0 atom stereocenters. The monoisotopic (exact) mass is 153 g/mol. The second kappa shape index (κ2) is 8.11. The summed E-state index contributed by atoms with van der Waals surface area (Å²) < 4.78 is 2.08. The maximum absolute atomic E-state index is 3.14. The summed E-state index contributed by atoms with van der Waals surface area (Å²) in [6, 6.07) is 0. The van der Waals surface area contributed by atoms with Crippen LogP contribution in [-0.4, -0.2) is 39.5 Å². The van der Waals surface area contributed by atoms with Crippen molar-refractivity contribution in [3.8, 4) is 0 Å². The van der Waals surface area contributed by atoms with Gasteiger partial charge in [0.25, 0.3) is 15.1 Å². The van der Waals surface area contributed by atoms with Gasteiger partial charge >= 0.3 is 0 Å². The molecule has 2 N–H and O–H groups in total. The predicted octanol–water partition coefficient (Wildman–Crippen LogP) is -0.404. The second-order valence-electron chi connectivity index (χ2n) is 2.20. The molecule has 0 unspecified atom stereocenters. The summed E-state index contributed by atoms with van der Waals surface area (Å²) in [7, 11) is 3.95. The quantitative estimate of drug-likeness (QED) is 0.487. The van der Waals surface area contributed by atoms with E-state index in [1.165, 1.54) is 0 Å². The van der Waals surface area contributed by atoms with Crippen molar-refractivity contribution in [2.45, 2.75) is 20.8 Å². The molecule has 0 aromatic rings. The molecule has 0 saturated carbocycles. The van der Waals surface area contributed by atoms with Gasteiger partial charge in [0, 0.05) is 0 Å². The largest absolute Gasteiger partial charge is 0.364 e. The molecule has 0 amide bonds. The fraction of sp³-hybridized carbons (Fsp3) is 1.00. The normalized spacial score (nSPS) is 10.2. The van der Waals surface area contributed by atoms with E-state index in [2.05, 4.69) is 35.9 Å². The lowest BCUT2D eigenvalue weighted by atomic mass is 9.94. The number of nitrogens with zero attached hydrogens (tertiary/aromatic N) is 1. The third kappa shape index (κ3) is 6.41. The fourth-order valence-corrected chi connectivity index (χ4v) is 0.637. The zero-order valence-electron chi connectivity index (χ0n) is 7.72. The van der Waals surface area contributed by atoms with Gasteiger partial charge in [0.1, 0.15) is 0 Å². The fourth-order valence-electron chi connectivity index (χ4n) is 0.637. The third-order valence-corrected chi connectivity index (χ3v) is 1.29. The molecule has 0 saturated heterocycles. The lowest BCUT2D eigenvalue weighted by molar-refractivity contribution is 0.675.